The molecule has 0 saturated heterocycles. The molecule has 0 aliphatic heterocycles. The maximum atomic E-state index is 14.4. The molecule has 2 rings (SSSR count). The molecule has 0 spiro atoms. The maximum Gasteiger partial charge on any atom is 0.170 e. The highest BCUT2D eigenvalue weighted by atomic mass is 19.1. The number of pyridine rings is 1. The molecule has 18 heavy (non-hydrogen) atoms. The van der Waals surface area contributed by atoms with E-state index in [2.05, 4.69) is 22.1 Å². The van der Waals surface area contributed by atoms with Gasteiger partial charge in [0, 0.05) is 31.4 Å². The van der Waals surface area contributed by atoms with E-state index in [-0.39, 0.29) is 5.82 Å². The summed E-state index contributed by atoms with van der Waals surface area (Å²) in [5.41, 5.74) is 0.705. The molecular weight excluding hydrogens is 229 g/mol. The van der Waals surface area contributed by atoms with Crippen molar-refractivity contribution in [3.05, 3.63) is 23.6 Å². The molecule has 1 aromatic rings. The molecule has 0 amide bonds. The highest BCUT2D eigenvalue weighted by Crippen LogP contribution is 2.31. The van der Waals surface area contributed by atoms with Crippen LogP contribution >= 0.6 is 0 Å². The van der Waals surface area contributed by atoms with Crippen LogP contribution < -0.4 is 10.2 Å². The Balaban J connectivity index is 2.14. The largest absolute Gasteiger partial charge is 0.354 e. The van der Waals surface area contributed by atoms with Gasteiger partial charge in [-0.25, -0.2) is 9.37 Å². The lowest BCUT2D eigenvalue weighted by molar-refractivity contribution is 0.576. The molecule has 0 unspecified atom stereocenters. The van der Waals surface area contributed by atoms with E-state index in [9.17, 15) is 4.39 Å². The van der Waals surface area contributed by atoms with Crippen LogP contribution in [-0.2, 0) is 6.54 Å². The van der Waals surface area contributed by atoms with Crippen molar-refractivity contribution < 1.29 is 4.39 Å². The Hall–Kier alpha value is -1.16. The number of hydrogen-bond donors (Lipinski definition) is 1. The van der Waals surface area contributed by atoms with Crippen molar-refractivity contribution in [1.29, 1.82) is 0 Å². The first-order chi connectivity index (χ1) is 8.76. The molecule has 3 nitrogen and oxygen atoms in total. The first-order valence-electron chi connectivity index (χ1n) is 6.85. The Kier molecular flexibility index (Phi) is 4.53. The van der Waals surface area contributed by atoms with Crippen LogP contribution in [0.4, 0.5) is 10.2 Å². The molecule has 1 saturated carbocycles. The fourth-order valence-electron chi connectivity index (χ4n) is 2.07. The minimum absolute atomic E-state index is 0.166. The highest BCUT2D eigenvalue weighted by Gasteiger charge is 2.25. The lowest BCUT2D eigenvalue weighted by Gasteiger charge is -2.23. The van der Waals surface area contributed by atoms with Gasteiger partial charge in [0.05, 0.1) is 0 Å². The predicted molar refractivity (Wildman–Crippen MR) is 72.2 cm³/mol. The van der Waals surface area contributed by atoms with E-state index in [1.54, 1.807) is 12.3 Å². The molecule has 1 aromatic heterocycles. The van der Waals surface area contributed by atoms with Crippen LogP contribution in [0.15, 0.2) is 12.3 Å². The fourth-order valence-corrected chi connectivity index (χ4v) is 2.07. The van der Waals surface area contributed by atoms with Crippen molar-refractivity contribution in [2.24, 2.45) is 5.92 Å². The molecule has 1 fully saturated rings. The van der Waals surface area contributed by atoms with Crippen molar-refractivity contribution in [3.8, 4) is 0 Å². The summed E-state index contributed by atoms with van der Waals surface area (Å²) in [4.78, 5) is 6.28. The smallest absolute Gasteiger partial charge is 0.170 e. The van der Waals surface area contributed by atoms with Gasteiger partial charge in [0.2, 0.25) is 0 Å². The summed E-state index contributed by atoms with van der Waals surface area (Å²) in [6, 6.07) is 1.76. The number of aromatic nitrogens is 1. The van der Waals surface area contributed by atoms with Crippen molar-refractivity contribution in [3.63, 3.8) is 0 Å². The van der Waals surface area contributed by atoms with Crippen LogP contribution in [0.5, 0.6) is 0 Å². The van der Waals surface area contributed by atoms with Gasteiger partial charge in [-0.15, -0.1) is 0 Å². The Labute approximate surface area is 108 Å². The minimum atomic E-state index is -0.166. The zero-order chi connectivity index (χ0) is 13.0. The number of nitrogens with zero attached hydrogens (tertiary/aromatic N) is 2. The third kappa shape index (κ3) is 3.19. The summed E-state index contributed by atoms with van der Waals surface area (Å²) in [7, 11) is 0. The van der Waals surface area contributed by atoms with Gasteiger partial charge in [0.1, 0.15) is 0 Å². The van der Waals surface area contributed by atoms with Gasteiger partial charge in [-0.2, -0.15) is 0 Å². The summed E-state index contributed by atoms with van der Waals surface area (Å²) < 4.78 is 14.4. The lowest BCUT2D eigenvalue weighted by atomic mass is 10.2. The molecule has 100 valence electrons. The summed E-state index contributed by atoms with van der Waals surface area (Å²) >= 11 is 0. The van der Waals surface area contributed by atoms with Crippen LogP contribution in [0.1, 0.15) is 32.3 Å². The van der Waals surface area contributed by atoms with Crippen LogP contribution in [0, 0.1) is 11.7 Å². The van der Waals surface area contributed by atoms with Gasteiger partial charge >= 0.3 is 0 Å². The first-order valence-corrected chi connectivity index (χ1v) is 6.85. The molecule has 0 bridgehead atoms. The molecule has 0 aromatic carbocycles. The normalized spacial score (nSPS) is 14.8. The maximum absolute atomic E-state index is 14.4. The summed E-state index contributed by atoms with van der Waals surface area (Å²) in [5, 5.41) is 3.16. The molecule has 0 atom stereocenters. The second-order valence-electron chi connectivity index (χ2n) is 4.87. The van der Waals surface area contributed by atoms with Crippen LogP contribution in [0.25, 0.3) is 0 Å². The molecule has 4 heteroatoms. The average Bonchev–Trinajstić information content (AvgIpc) is 3.19. The molecule has 1 aliphatic rings. The van der Waals surface area contributed by atoms with E-state index in [1.807, 2.05) is 6.92 Å². The van der Waals surface area contributed by atoms with E-state index in [0.717, 1.165) is 25.6 Å². The zero-order valence-corrected chi connectivity index (χ0v) is 11.2. The summed E-state index contributed by atoms with van der Waals surface area (Å²) in [5.74, 6) is 1.09. The Morgan fingerprint density at radius 3 is 2.83 bits per heavy atom. The van der Waals surface area contributed by atoms with Crippen molar-refractivity contribution >= 4 is 5.82 Å². The van der Waals surface area contributed by atoms with E-state index in [1.165, 1.54) is 12.8 Å². The topological polar surface area (TPSA) is 28.2 Å². The molecule has 1 N–H and O–H groups in total. The van der Waals surface area contributed by atoms with E-state index in [4.69, 9.17) is 0 Å². The van der Waals surface area contributed by atoms with Crippen molar-refractivity contribution in [2.45, 2.75) is 33.2 Å². The standard InChI is InChI=1S/C14H22FN3/c1-3-16-9-12-7-8-17-14(13(12)15)18(4-2)10-11-5-6-11/h7-8,11,16H,3-6,9-10H2,1-2H3. The quantitative estimate of drug-likeness (QED) is 0.807. The molecule has 0 radical (unpaired) electrons. The monoisotopic (exact) mass is 251 g/mol. The van der Waals surface area contributed by atoms with Gasteiger partial charge in [0.25, 0.3) is 0 Å². The van der Waals surface area contributed by atoms with Crippen LogP contribution in [0.2, 0.25) is 0 Å². The van der Waals surface area contributed by atoms with E-state index >= 15 is 0 Å². The fraction of sp³-hybridized carbons (Fsp3) is 0.643. The Bertz CT molecular complexity index is 391. The van der Waals surface area contributed by atoms with Crippen LogP contribution in [-0.4, -0.2) is 24.6 Å². The second-order valence-corrected chi connectivity index (χ2v) is 4.87. The Morgan fingerprint density at radius 2 is 2.22 bits per heavy atom. The van der Waals surface area contributed by atoms with Gasteiger partial charge in [-0.1, -0.05) is 6.92 Å². The van der Waals surface area contributed by atoms with Crippen LogP contribution in [0.3, 0.4) is 0 Å². The number of hydrogen-bond acceptors (Lipinski definition) is 3. The highest BCUT2D eigenvalue weighted by molar-refractivity contribution is 5.43. The predicted octanol–water partition coefficient (Wildman–Crippen LogP) is 2.57. The number of halogens is 1. The molecular formula is C14H22FN3. The molecule has 1 heterocycles. The van der Waals surface area contributed by atoms with Crippen molar-refractivity contribution in [1.82, 2.24) is 10.3 Å². The van der Waals surface area contributed by atoms with Gasteiger partial charge in [0.15, 0.2) is 11.6 Å². The lowest BCUT2D eigenvalue weighted by Crippen LogP contribution is -2.28. The number of nitrogens with one attached hydrogen (secondary N) is 1. The SMILES string of the molecule is CCNCc1ccnc(N(CC)CC2CC2)c1F. The number of rotatable bonds is 7. The first kappa shape index (κ1) is 13.3. The Morgan fingerprint density at radius 1 is 1.44 bits per heavy atom. The summed E-state index contributed by atoms with van der Waals surface area (Å²) in [6.07, 6.45) is 4.26. The third-order valence-corrected chi connectivity index (χ3v) is 3.37. The number of anilines is 1. The second kappa shape index (κ2) is 6.14. The van der Waals surface area contributed by atoms with Gasteiger partial charge in [-0.3, -0.25) is 0 Å². The molecule has 1 aliphatic carbocycles. The van der Waals surface area contributed by atoms with Crippen molar-refractivity contribution in [2.75, 3.05) is 24.5 Å². The van der Waals surface area contributed by atoms with E-state index in [0.29, 0.717) is 17.9 Å². The van der Waals surface area contributed by atoms with E-state index < -0.39 is 0 Å². The minimum Gasteiger partial charge on any atom is -0.354 e. The summed E-state index contributed by atoms with van der Waals surface area (Å²) in [6.45, 7) is 7.23. The van der Waals surface area contributed by atoms with Gasteiger partial charge < -0.3 is 10.2 Å². The third-order valence-electron chi connectivity index (χ3n) is 3.37. The zero-order valence-electron chi connectivity index (χ0n) is 11.2. The average molecular weight is 251 g/mol. The van der Waals surface area contributed by atoms with Gasteiger partial charge in [-0.05, 0) is 38.3 Å².